The summed E-state index contributed by atoms with van der Waals surface area (Å²) in [5.74, 6) is -3.52. The minimum absolute atomic E-state index is 0.0926. The van der Waals surface area contributed by atoms with E-state index in [1.54, 1.807) is 9.13 Å². The van der Waals surface area contributed by atoms with Crippen molar-refractivity contribution in [2.45, 2.75) is 120 Å². The Balaban J connectivity index is 1.77. The number of aromatic nitrogens is 2. The van der Waals surface area contributed by atoms with Gasteiger partial charge >= 0.3 is 365 Å². The summed E-state index contributed by atoms with van der Waals surface area (Å²) in [6.45, 7) is 24.6. The van der Waals surface area contributed by atoms with E-state index in [0.29, 0.717) is 58.4 Å². The van der Waals surface area contributed by atoms with Crippen molar-refractivity contribution < 1.29 is 53.1 Å². The number of rotatable bonds is 18. The molecule has 2 aliphatic carbocycles. The van der Waals surface area contributed by atoms with E-state index < -0.39 is 52.4 Å². The second kappa shape index (κ2) is 19.3. The van der Waals surface area contributed by atoms with Crippen molar-refractivity contribution >= 4 is 7.74 Å². The second-order valence-electron chi connectivity index (χ2n) is 16.5. The molecule has 328 valence electrons. The monoisotopic (exact) mass is 878 g/mol. The molecule has 11 heteroatoms. The third-order valence-electron chi connectivity index (χ3n) is 12.2. The number of benzene rings is 2. The van der Waals surface area contributed by atoms with Crippen LogP contribution in [-0.2, 0) is 35.5 Å². The van der Waals surface area contributed by atoms with Crippen molar-refractivity contribution in [1.29, 1.82) is 0 Å². The molecule has 2 heterocycles. The zero-order valence-corrected chi connectivity index (χ0v) is 39.4. The van der Waals surface area contributed by atoms with Gasteiger partial charge in [0, 0.05) is 0 Å². The standard InChI is InChI=1S/2C19H24F2NO2.2C6H7.Ti/c2*1-6-23-19(24-7-2)15-11-18(12(3)4)22(13(15)5)17-9-8-14(20)10-16(17)21;2*1-6-4-2-3-5-6;/h2*8-9,11-12,19H,6-7H2,1-5H3;2*2,4H,3H2,1H3;. The first-order valence-electron chi connectivity index (χ1n) is 21.7. The zero-order valence-electron chi connectivity index (χ0n) is 37.9. The number of hydrogen-bond donors (Lipinski definition) is 0. The molecule has 6 nitrogen and oxygen atoms in total. The molecule has 4 aromatic rings. The summed E-state index contributed by atoms with van der Waals surface area (Å²) in [7, 11) is 0. The molecule has 0 spiro atoms. The normalized spacial score (nSPS) is 14.6. The fraction of sp³-hybridized carbons (Fsp3) is 0.440. The van der Waals surface area contributed by atoms with Crippen molar-refractivity contribution in [2.24, 2.45) is 0 Å². The summed E-state index contributed by atoms with van der Waals surface area (Å²) in [4.78, 5) is 0. The number of ether oxygens (including phenoxy) is 4. The van der Waals surface area contributed by atoms with Crippen LogP contribution in [0.1, 0.15) is 140 Å². The number of hydrogen-bond acceptors (Lipinski definition) is 4. The fourth-order valence-corrected chi connectivity index (χ4v) is 18.6. The Morgan fingerprint density at radius 1 is 0.557 bits per heavy atom. The molecule has 0 radical (unpaired) electrons. The number of halogens is 4. The quantitative estimate of drug-likeness (QED) is 0.0567. The van der Waals surface area contributed by atoms with E-state index in [9.17, 15) is 0 Å². The molecule has 2 aromatic heterocycles. The van der Waals surface area contributed by atoms with E-state index in [2.05, 4.69) is 0 Å². The van der Waals surface area contributed by atoms with Crippen molar-refractivity contribution in [3.8, 4) is 11.4 Å². The molecule has 0 amide bonds. The molecule has 0 saturated heterocycles. The minimum atomic E-state index is -5.37. The number of nitrogens with zero attached hydrogens (tertiary/aromatic N) is 2. The Bertz CT molecular complexity index is 2220. The van der Waals surface area contributed by atoms with E-state index in [0.717, 1.165) is 33.7 Å². The Hall–Kier alpha value is -3.77. The maximum absolute atomic E-state index is 18.6. The second-order valence-corrected chi connectivity index (χ2v) is 22.3. The molecule has 61 heavy (non-hydrogen) atoms. The summed E-state index contributed by atoms with van der Waals surface area (Å²) in [6.07, 6.45) is 6.88. The summed E-state index contributed by atoms with van der Waals surface area (Å²) in [5, 5.41) is 0. The molecule has 0 N–H and O–H groups in total. The van der Waals surface area contributed by atoms with E-state index in [-0.39, 0.29) is 30.9 Å². The van der Waals surface area contributed by atoms with Crippen LogP contribution in [-0.4, -0.2) is 35.6 Å². The van der Waals surface area contributed by atoms with Gasteiger partial charge in [-0.15, -0.1) is 0 Å². The molecule has 0 atom stereocenters. The van der Waals surface area contributed by atoms with Crippen LogP contribution in [0, 0.1) is 37.1 Å². The summed E-state index contributed by atoms with van der Waals surface area (Å²) < 4.78 is 101. The first kappa shape index (κ1) is 46.7. The molecular formula is C50H62F4N2O4Ti. The molecule has 0 unspecified atom stereocenters. The van der Waals surface area contributed by atoms with Gasteiger partial charge in [-0.05, 0) is 0 Å². The number of allylic oxidation sites excluding steroid dienone is 8. The third-order valence-corrected chi connectivity index (χ3v) is 20.7. The average Bonchev–Trinajstić information content (AvgIpc) is 4.00. The van der Waals surface area contributed by atoms with Crippen LogP contribution in [0.3, 0.4) is 0 Å². The summed E-state index contributed by atoms with van der Waals surface area (Å²) in [6, 6.07) is 9.35. The first-order chi connectivity index (χ1) is 29.1. The van der Waals surface area contributed by atoms with Crippen LogP contribution in [0.5, 0.6) is 0 Å². The van der Waals surface area contributed by atoms with E-state index in [4.69, 9.17) is 18.9 Å². The van der Waals surface area contributed by atoms with Gasteiger partial charge in [0.05, 0.1) is 0 Å². The predicted octanol–water partition coefficient (Wildman–Crippen LogP) is 12.4. The van der Waals surface area contributed by atoms with Gasteiger partial charge in [-0.25, -0.2) is 0 Å². The Morgan fingerprint density at radius 3 is 1.18 bits per heavy atom. The molecule has 0 saturated carbocycles. The van der Waals surface area contributed by atoms with Gasteiger partial charge < -0.3 is 0 Å². The SMILES string of the molecule is CCOC(OCC)c1cc(C(C)C)n(-c2ccc(F)[c]([Ti]([C]3=C(C)C=CC3)([C]3=C(C)C=CC3)[c]3c(F)ccc(-n4c(C(C)C)cc(C(OCC)OCC)c4C)c3F)c2F)c1C. The Labute approximate surface area is 363 Å². The van der Waals surface area contributed by atoms with Gasteiger partial charge in [-0.3, -0.25) is 0 Å². The van der Waals surface area contributed by atoms with Crippen molar-refractivity contribution in [3.63, 3.8) is 0 Å². The summed E-state index contributed by atoms with van der Waals surface area (Å²) >= 11 is -5.37. The Morgan fingerprint density at radius 2 is 0.902 bits per heavy atom. The van der Waals surface area contributed by atoms with Crippen LogP contribution >= 0.6 is 0 Å². The molecule has 6 rings (SSSR count). The van der Waals surface area contributed by atoms with Gasteiger partial charge in [0.25, 0.3) is 0 Å². The van der Waals surface area contributed by atoms with Crippen LogP contribution in [0.4, 0.5) is 17.6 Å². The van der Waals surface area contributed by atoms with Gasteiger partial charge in [-0.1, -0.05) is 0 Å². The molecule has 0 bridgehead atoms. The average molecular weight is 879 g/mol. The Kier molecular flexibility index (Phi) is 14.8. The zero-order chi connectivity index (χ0) is 44.5. The fourth-order valence-electron chi connectivity index (χ4n) is 9.48. The molecule has 0 fully saturated rings. The van der Waals surface area contributed by atoms with Gasteiger partial charge in [-0.2, -0.15) is 0 Å². The van der Waals surface area contributed by atoms with Gasteiger partial charge in [0.2, 0.25) is 0 Å². The van der Waals surface area contributed by atoms with Crippen LogP contribution in [0.25, 0.3) is 11.4 Å². The van der Waals surface area contributed by atoms with E-state index in [1.807, 2.05) is 120 Å². The molecule has 2 aliphatic rings. The first-order valence-corrected chi connectivity index (χ1v) is 24.9. The van der Waals surface area contributed by atoms with E-state index in [1.165, 1.54) is 24.3 Å². The van der Waals surface area contributed by atoms with Crippen LogP contribution in [0.15, 0.2) is 79.6 Å². The van der Waals surface area contributed by atoms with Gasteiger partial charge in [0.1, 0.15) is 0 Å². The molecule has 2 aromatic carbocycles. The van der Waals surface area contributed by atoms with Crippen molar-refractivity contribution in [2.75, 3.05) is 26.4 Å². The summed E-state index contributed by atoms with van der Waals surface area (Å²) in [5.41, 5.74) is 6.03. The maximum atomic E-state index is 18.6. The van der Waals surface area contributed by atoms with Crippen molar-refractivity contribution in [3.05, 3.63) is 137 Å². The predicted molar refractivity (Wildman–Crippen MR) is 233 cm³/mol. The van der Waals surface area contributed by atoms with Crippen molar-refractivity contribution in [1.82, 2.24) is 9.13 Å². The third kappa shape index (κ3) is 8.18. The van der Waals surface area contributed by atoms with Gasteiger partial charge in [0.15, 0.2) is 0 Å². The topological polar surface area (TPSA) is 46.8 Å². The van der Waals surface area contributed by atoms with E-state index >= 15 is 17.6 Å². The molecular weight excluding hydrogens is 816 g/mol. The molecule has 0 aliphatic heterocycles. The van der Waals surface area contributed by atoms with Crippen LogP contribution in [0.2, 0.25) is 0 Å². The van der Waals surface area contributed by atoms with Crippen LogP contribution < -0.4 is 7.74 Å².